The Kier molecular flexibility index (Phi) is 4.97. The van der Waals surface area contributed by atoms with E-state index in [2.05, 4.69) is 27.7 Å². The molecule has 0 aromatic rings. The molecule has 94 valence electrons. The molecule has 2 N–H and O–H groups in total. The summed E-state index contributed by atoms with van der Waals surface area (Å²) < 4.78 is 0. The lowest BCUT2D eigenvalue weighted by atomic mass is 9.73. The first-order chi connectivity index (χ1) is 7.41. The Labute approximate surface area is 100.0 Å². The van der Waals surface area contributed by atoms with Crippen molar-refractivity contribution in [2.45, 2.75) is 59.4 Å². The fourth-order valence-electron chi connectivity index (χ4n) is 2.47. The first kappa shape index (κ1) is 13.7. The molecule has 4 unspecified atom stereocenters. The minimum Gasteiger partial charge on any atom is -0.327 e. The average molecular weight is 225 g/mol. The lowest BCUT2D eigenvalue weighted by Gasteiger charge is -2.31. The number of rotatable bonds is 4. The van der Waals surface area contributed by atoms with Crippen molar-refractivity contribution in [2.75, 3.05) is 0 Å². The second-order valence-electron chi connectivity index (χ2n) is 6.04. The summed E-state index contributed by atoms with van der Waals surface area (Å²) in [6.07, 6.45) is 3.93. The third-order valence-corrected chi connectivity index (χ3v) is 4.35. The summed E-state index contributed by atoms with van der Waals surface area (Å²) in [5.74, 6) is 2.57. The summed E-state index contributed by atoms with van der Waals surface area (Å²) in [6.45, 7) is 8.74. The normalized spacial score (nSPS) is 32.8. The highest BCUT2D eigenvalue weighted by molar-refractivity contribution is 5.81. The van der Waals surface area contributed by atoms with E-state index in [0.717, 1.165) is 18.8 Å². The molecule has 16 heavy (non-hydrogen) atoms. The molecule has 1 saturated carbocycles. The van der Waals surface area contributed by atoms with Crippen molar-refractivity contribution >= 4 is 5.78 Å². The van der Waals surface area contributed by atoms with Crippen molar-refractivity contribution in [3.8, 4) is 0 Å². The Morgan fingerprint density at radius 3 is 2.38 bits per heavy atom. The molecular weight excluding hydrogens is 198 g/mol. The van der Waals surface area contributed by atoms with Gasteiger partial charge in [-0.25, -0.2) is 0 Å². The molecule has 0 aromatic carbocycles. The maximum atomic E-state index is 12.1. The van der Waals surface area contributed by atoms with Gasteiger partial charge < -0.3 is 5.73 Å². The summed E-state index contributed by atoms with van der Waals surface area (Å²) in [7, 11) is 0. The van der Waals surface area contributed by atoms with Gasteiger partial charge in [-0.15, -0.1) is 0 Å². The van der Waals surface area contributed by atoms with Crippen LogP contribution in [0.5, 0.6) is 0 Å². The van der Waals surface area contributed by atoms with E-state index in [1.165, 1.54) is 6.42 Å². The summed E-state index contributed by atoms with van der Waals surface area (Å²) in [6, 6.07) is 0.0437. The molecule has 0 radical (unpaired) electrons. The number of Topliss-reactive ketones (excluding diaryl/α,β-unsaturated/α-hetero) is 1. The van der Waals surface area contributed by atoms with Crippen LogP contribution in [0.2, 0.25) is 0 Å². The van der Waals surface area contributed by atoms with Crippen molar-refractivity contribution in [3.63, 3.8) is 0 Å². The lowest BCUT2D eigenvalue weighted by molar-refractivity contribution is -0.125. The van der Waals surface area contributed by atoms with Crippen molar-refractivity contribution in [1.82, 2.24) is 0 Å². The van der Waals surface area contributed by atoms with E-state index in [0.29, 0.717) is 24.0 Å². The van der Waals surface area contributed by atoms with Gasteiger partial charge in [0.15, 0.2) is 0 Å². The molecule has 0 amide bonds. The molecule has 0 heterocycles. The van der Waals surface area contributed by atoms with Gasteiger partial charge in [0.25, 0.3) is 0 Å². The molecule has 2 heteroatoms. The molecule has 2 nitrogen and oxygen atoms in total. The van der Waals surface area contributed by atoms with E-state index in [-0.39, 0.29) is 12.0 Å². The van der Waals surface area contributed by atoms with Crippen LogP contribution in [-0.2, 0) is 4.79 Å². The van der Waals surface area contributed by atoms with Gasteiger partial charge >= 0.3 is 0 Å². The van der Waals surface area contributed by atoms with Crippen LogP contribution in [0.25, 0.3) is 0 Å². The second kappa shape index (κ2) is 5.81. The predicted octanol–water partition coefficient (Wildman–Crippen LogP) is 3.00. The second-order valence-corrected chi connectivity index (χ2v) is 6.04. The van der Waals surface area contributed by atoms with Crippen molar-refractivity contribution in [1.29, 1.82) is 0 Å². The van der Waals surface area contributed by atoms with Crippen LogP contribution in [-0.4, -0.2) is 11.8 Å². The Morgan fingerprint density at radius 2 is 1.88 bits per heavy atom. The molecule has 0 bridgehead atoms. The third-order valence-electron chi connectivity index (χ3n) is 4.35. The zero-order valence-corrected chi connectivity index (χ0v) is 11.2. The standard InChI is InChI=1S/C14H27NO/c1-9(2)13(15)8-14(16)12-6-5-10(3)11(4)7-12/h9-13H,5-8,15H2,1-4H3. The van der Waals surface area contributed by atoms with Gasteiger partial charge in [0.05, 0.1) is 0 Å². The smallest absolute Gasteiger partial charge is 0.137 e. The number of carbonyl (C=O) groups excluding carboxylic acids is 1. The lowest BCUT2D eigenvalue weighted by Crippen LogP contribution is -2.34. The Bertz CT molecular complexity index is 237. The molecule has 1 aliphatic carbocycles. The third kappa shape index (κ3) is 3.58. The summed E-state index contributed by atoms with van der Waals surface area (Å²) in [5.41, 5.74) is 5.97. The minimum absolute atomic E-state index is 0.0437. The SMILES string of the molecule is CC(C)C(N)CC(=O)C1CCC(C)C(C)C1. The highest BCUT2D eigenvalue weighted by atomic mass is 16.1. The van der Waals surface area contributed by atoms with E-state index in [1.807, 2.05) is 0 Å². The average Bonchev–Trinajstić information content (AvgIpc) is 2.21. The van der Waals surface area contributed by atoms with Gasteiger partial charge in [-0.1, -0.05) is 27.7 Å². The monoisotopic (exact) mass is 225 g/mol. The van der Waals surface area contributed by atoms with E-state index < -0.39 is 0 Å². The van der Waals surface area contributed by atoms with Gasteiger partial charge in [0, 0.05) is 18.4 Å². The van der Waals surface area contributed by atoms with Crippen LogP contribution < -0.4 is 5.73 Å². The van der Waals surface area contributed by atoms with Gasteiger partial charge in [0.1, 0.15) is 5.78 Å². The largest absolute Gasteiger partial charge is 0.327 e. The fourth-order valence-corrected chi connectivity index (χ4v) is 2.47. The topological polar surface area (TPSA) is 43.1 Å². The van der Waals surface area contributed by atoms with E-state index in [4.69, 9.17) is 5.73 Å². The van der Waals surface area contributed by atoms with Crippen LogP contribution in [0, 0.1) is 23.7 Å². The highest BCUT2D eigenvalue weighted by Gasteiger charge is 2.29. The first-order valence-corrected chi connectivity index (χ1v) is 6.70. The quantitative estimate of drug-likeness (QED) is 0.799. The molecule has 0 saturated heterocycles. The van der Waals surface area contributed by atoms with Gasteiger partial charge in [-0.2, -0.15) is 0 Å². The maximum absolute atomic E-state index is 12.1. The number of carbonyl (C=O) groups is 1. The molecule has 0 aliphatic heterocycles. The predicted molar refractivity (Wildman–Crippen MR) is 68.1 cm³/mol. The van der Waals surface area contributed by atoms with Gasteiger partial charge in [-0.05, 0) is 37.0 Å². The summed E-state index contributed by atoms with van der Waals surface area (Å²) in [4.78, 5) is 12.1. The molecule has 1 rings (SSSR count). The van der Waals surface area contributed by atoms with Crippen LogP contribution in [0.15, 0.2) is 0 Å². The van der Waals surface area contributed by atoms with Crippen molar-refractivity contribution < 1.29 is 4.79 Å². The molecule has 4 atom stereocenters. The van der Waals surface area contributed by atoms with Gasteiger partial charge in [0.2, 0.25) is 0 Å². The molecule has 0 spiro atoms. The van der Waals surface area contributed by atoms with E-state index in [9.17, 15) is 4.79 Å². The van der Waals surface area contributed by atoms with Crippen LogP contribution in [0.3, 0.4) is 0 Å². The van der Waals surface area contributed by atoms with E-state index in [1.54, 1.807) is 0 Å². The van der Waals surface area contributed by atoms with Gasteiger partial charge in [-0.3, -0.25) is 4.79 Å². The zero-order valence-electron chi connectivity index (χ0n) is 11.2. The molecule has 1 aliphatic rings. The highest BCUT2D eigenvalue weighted by Crippen LogP contribution is 2.34. The Balaban J connectivity index is 2.43. The number of hydrogen-bond acceptors (Lipinski definition) is 2. The summed E-state index contributed by atoms with van der Waals surface area (Å²) in [5, 5.41) is 0. The summed E-state index contributed by atoms with van der Waals surface area (Å²) >= 11 is 0. The molecule has 1 fully saturated rings. The fraction of sp³-hybridized carbons (Fsp3) is 0.929. The zero-order chi connectivity index (χ0) is 12.3. The maximum Gasteiger partial charge on any atom is 0.137 e. The molecule has 0 aromatic heterocycles. The minimum atomic E-state index is 0.0437. The Morgan fingerprint density at radius 1 is 1.25 bits per heavy atom. The number of hydrogen-bond donors (Lipinski definition) is 1. The Hall–Kier alpha value is -0.370. The number of ketones is 1. The van der Waals surface area contributed by atoms with Crippen LogP contribution in [0.1, 0.15) is 53.4 Å². The first-order valence-electron chi connectivity index (χ1n) is 6.70. The van der Waals surface area contributed by atoms with E-state index >= 15 is 0 Å². The van der Waals surface area contributed by atoms with Crippen molar-refractivity contribution in [3.05, 3.63) is 0 Å². The van der Waals surface area contributed by atoms with Crippen LogP contribution in [0.4, 0.5) is 0 Å². The van der Waals surface area contributed by atoms with Crippen LogP contribution >= 0.6 is 0 Å². The molecular formula is C14H27NO. The number of nitrogens with two attached hydrogens (primary N) is 1. The van der Waals surface area contributed by atoms with Crippen molar-refractivity contribution in [2.24, 2.45) is 29.4 Å².